The van der Waals surface area contributed by atoms with E-state index in [0.717, 1.165) is 12.1 Å². The lowest BCUT2D eigenvalue weighted by molar-refractivity contribution is -0.154. The number of nitrogens with one attached hydrogen (secondary N) is 1. The van der Waals surface area contributed by atoms with Crippen LogP contribution in [0.4, 0.5) is 17.6 Å². The lowest BCUT2D eigenvalue weighted by Gasteiger charge is -2.11. The third-order valence-corrected chi connectivity index (χ3v) is 4.63. The molecular formula is C15H14F4N2O3S. The standard InChI is InChI=1S/C15H14F4N2O3S/c1-10-2-3-12(16)7-13(10)25(22,23)21-8-11-4-5-20-14(6-11)24-9-15(17,18)19/h2-7,21H,8-9H2,1H3. The number of halogens is 4. The van der Waals surface area contributed by atoms with Crippen LogP contribution in [0.2, 0.25) is 0 Å². The van der Waals surface area contributed by atoms with Crippen LogP contribution in [0.25, 0.3) is 0 Å². The van der Waals surface area contributed by atoms with Crippen LogP contribution >= 0.6 is 0 Å². The van der Waals surface area contributed by atoms with Crippen molar-refractivity contribution in [3.8, 4) is 5.88 Å². The van der Waals surface area contributed by atoms with Crippen molar-refractivity contribution in [3.63, 3.8) is 0 Å². The van der Waals surface area contributed by atoms with Gasteiger partial charge in [0.05, 0.1) is 4.90 Å². The van der Waals surface area contributed by atoms with Gasteiger partial charge < -0.3 is 4.74 Å². The summed E-state index contributed by atoms with van der Waals surface area (Å²) in [6, 6.07) is 5.97. The van der Waals surface area contributed by atoms with E-state index in [9.17, 15) is 26.0 Å². The first kappa shape index (κ1) is 19.1. The topological polar surface area (TPSA) is 68.3 Å². The Morgan fingerprint density at radius 1 is 1.20 bits per heavy atom. The predicted octanol–water partition coefficient (Wildman–Crippen LogP) is 2.95. The van der Waals surface area contributed by atoms with E-state index in [0.29, 0.717) is 11.1 Å². The molecule has 1 aromatic heterocycles. The molecular weight excluding hydrogens is 364 g/mol. The Balaban J connectivity index is 2.09. The van der Waals surface area contributed by atoms with Crippen molar-refractivity contribution in [2.24, 2.45) is 0 Å². The third-order valence-electron chi connectivity index (χ3n) is 3.09. The highest BCUT2D eigenvalue weighted by Gasteiger charge is 2.28. The van der Waals surface area contributed by atoms with Crippen molar-refractivity contribution in [1.82, 2.24) is 9.71 Å². The van der Waals surface area contributed by atoms with Gasteiger partial charge in [-0.1, -0.05) is 6.07 Å². The van der Waals surface area contributed by atoms with E-state index >= 15 is 0 Å². The molecule has 0 aliphatic heterocycles. The smallest absolute Gasteiger partial charge is 0.422 e. The number of pyridine rings is 1. The number of rotatable bonds is 6. The molecule has 0 unspecified atom stereocenters. The number of aryl methyl sites for hydroxylation is 1. The second-order valence-corrected chi connectivity index (χ2v) is 6.88. The molecule has 0 spiro atoms. The molecule has 0 aliphatic carbocycles. The monoisotopic (exact) mass is 378 g/mol. The number of aromatic nitrogens is 1. The maximum atomic E-state index is 13.3. The molecule has 0 saturated carbocycles. The van der Waals surface area contributed by atoms with E-state index in [1.54, 1.807) is 0 Å². The highest BCUT2D eigenvalue weighted by Crippen LogP contribution is 2.19. The van der Waals surface area contributed by atoms with Crippen LogP contribution in [-0.4, -0.2) is 26.2 Å². The van der Waals surface area contributed by atoms with Crippen LogP contribution in [0.15, 0.2) is 41.4 Å². The summed E-state index contributed by atoms with van der Waals surface area (Å²) in [6.45, 7) is -0.204. The van der Waals surface area contributed by atoms with Crippen LogP contribution in [0.5, 0.6) is 5.88 Å². The molecule has 5 nitrogen and oxygen atoms in total. The molecule has 25 heavy (non-hydrogen) atoms. The molecule has 10 heteroatoms. The van der Waals surface area contributed by atoms with Gasteiger partial charge >= 0.3 is 6.18 Å². The maximum absolute atomic E-state index is 13.3. The predicted molar refractivity (Wildman–Crippen MR) is 80.9 cm³/mol. The van der Waals surface area contributed by atoms with Gasteiger partial charge in [0.25, 0.3) is 0 Å². The van der Waals surface area contributed by atoms with E-state index < -0.39 is 28.6 Å². The van der Waals surface area contributed by atoms with Crippen molar-refractivity contribution in [1.29, 1.82) is 0 Å². The zero-order valence-electron chi connectivity index (χ0n) is 13.0. The van der Waals surface area contributed by atoms with E-state index in [2.05, 4.69) is 14.4 Å². The van der Waals surface area contributed by atoms with Gasteiger partial charge in [-0.3, -0.25) is 0 Å². The summed E-state index contributed by atoms with van der Waals surface area (Å²) in [4.78, 5) is 3.41. The minimum absolute atomic E-state index is 0.213. The summed E-state index contributed by atoms with van der Waals surface area (Å²) in [5, 5.41) is 0. The zero-order valence-corrected chi connectivity index (χ0v) is 13.8. The molecule has 1 aromatic carbocycles. The number of alkyl halides is 3. The van der Waals surface area contributed by atoms with Crippen molar-refractivity contribution < 1.29 is 30.7 Å². The molecule has 0 radical (unpaired) electrons. The minimum Gasteiger partial charge on any atom is -0.468 e. The summed E-state index contributed by atoms with van der Waals surface area (Å²) in [7, 11) is -3.99. The fraction of sp³-hybridized carbons (Fsp3) is 0.267. The van der Waals surface area contributed by atoms with Crippen LogP contribution < -0.4 is 9.46 Å². The Morgan fingerprint density at radius 2 is 1.92 bits per heavy atom. The Bertz CT molecular complexity index is 854. The number of benzene rings is 1. The first-order chi connectivity index (χ1) is 11.6. The van der Waals surface area contributed by atoms with E-state index in [1.807, 2.05) is 0 Å². The van der Waals surface area contributed by atoms with E-state index in [4.69, 9.17) is 0 Å². The Labute approximate surface area is 141 Å². The van der Waals surface area contributed by atoms with Gasteiger partial charge in [-0.15, -0.1) is 0 Å². The Hall–Kier alpha value is -2.20. The summed E-state index contributed by atoms with van der Waals surface area (Å²) in [5.74, 6) is -0.978. The molecule has 0 fully saturated rings. The first-order valence-corrected chi connectivity index (χ1v) is 8.45. The molecule has 0 aliphatic rings. The van der Waals surface area contributed by atoms with Gasteiger partial charge in [-0.25, -0.2) is 22.5 Å². The fourth-order valence-corrected chi connectivity index (χ4v) is 3.19. The fourth-order valence-electron chi connectivity index (χ4n) is 1.91. The number of hydrogen-bond donors (Lipinski definition) is 1. The number of sulfonamides is 1. The second kappa shape index (κ2) is 7.36. The lowest BCUT2D eigenvalue weighted by atomic mass is 10.2. The molecule has 1 heterocycles. The SMILES string of the molecule is Cc1ccc(F)cc1S(=O)(=O)NCc1ccnc(OCC(F)(F)F)c1. The minimum atomic E-state index is -4.51. The van der Waals surface area contributed by atoms with E-state index in [-0.39, 0.29) is 17.3 Å². The van der Waals surface area contributed by atoms with Gasteiger partial charge in [0.1, 0.15) is 5.82 Å². The Morgan fingerprint density at radius 3 is 2.60 bits per heavy atom. The van der Waals surface area contributed by atoms with Crippen LogP contribution in [0, 0.1) is 12.7 Å². The third kappa shape index (κ3) is 5.68. The first-order valence-electron chi connectivity index (χ1n) is 6.97. The second-order valence-electron chi connectivity index (χ2n) is 5.14. The van der Waals surface area contributed by atoms with E-state index in [1.165, 1.54) is 31.3 Å². The molecule has 0 amide bonds. The molecule has 2 rings (SSSR count). The zero-order chi connectivity index (χ0) is 18.7. The largest absolute Gasteiger partial charge is 0.468 e. The molecule has 0 saturated heterocycles. The summed E-state index contributed by atoms with van der Waals surface area (Å²) in [6.07, 6.45) is -3.31. The summed E-state index contributed by atoms with van der Waals surface area (Å²) >= 11 is 0. The quantitative estimate of drug-likeness (QED) is 0.785. The molecule has 1 N–H and O–H groups in total. The van der Waals surface area contributed by atoms with Gasteiger partial charge in [0.15, 0.2) is 6.61 Å². The number of nitrogens with zero attached hydrogens (tertiary/aromatic N) is 1. The van der Waals surface area contributed by atoms with Crippen LogP contribution in [-0.2, 0) is 16.6 Å². The van der Waals surface area contributed by atoms with Gasteiger partial charge in [0.2, 0.25) is 15.9 Å². The van der Waals surface area contributed by atoms with Crippen molar-refractivity contribution in [3.05, 3.63) is 53.5 Å². The Kier molecular flexibility index (Phi) is 5.63. The van der Waals surface area contributed by atoms with Gasteiger partial charge in [-0.05, 0) is 36.2 Å². The molecule has 136 valence electrons. The maximum Gasteiger partial charge on any atom is 0.422 e. The molecule has 0 atom stereocenters. The highest BCUT2D eigenvalue weighted by atomic mass is 32.2. The lowest BCUT2D eigenvalue weighted by Crippen LogP contribution is -2.24. The molecule has 0 bridgehead atoms. The van der Waals surface area contributed by atoms with Gasteiger partial charge in [-0.2, -0.15) is 13.2 Å². The average molecular weight is 378 g/mol. The highest BCUT2D eigenvalue weighted by molar-refractivity contribution is 7.89. The van der Waals surface area contributed by atoms with Crippen molar-refractivity contribution in [2.45, 2.75) is 24.5 Å². The molecule has 2 aromatic rings. The number of hydrogen-bond acceptors (Lipinski definition) is 4. The van der Waals surface area contributed by atoms with Crippen molar-refractivity contribution in [2.75, 3.05) is 6.61 Å². The normalized spacial score (nSPS) is 12.2. The summed E-state index contributed by atoms with van der Waals surface area (Å²) < 4.78 is 80.9. The van der Waals surface area contributed by atoms with Crippen LogP contribution in [0.1, 0.15) is 11.1 Å². The average Bonchev–Trinajstić information content (AvgIpc) is 2.53. The van der Waals surface area contributed by atoms with Gasteiger partial charge in [0, 0.05) is 18.8 Å². The summed E-state index contributed by atoms with van der Waals surface area (Å²) in [5.41, 5.74) is 0.697. The number of ether oxygens (including phenoxy) is 1. The van der Waals surface area contributed by atoms with Crippen LogP contribution in [0.3, 0.4) is 0 Å². The van der Waals surface area contributed by atoms with Crippen molar-refractivity contribution >= 4 is 10.0 Å².